The Bertz CT molecular complexity index is 4220. The third kappa shape index (κ3) is 5.45. The molecule has 0 N–H and O–H groups in total. The monoisotopic (exact) mass is 853 g/mol. The second-order valence-electron chi connectivity index (χ2n) is 16.2. The Labute approximate surface area is 373 Å². The highest BCUT2D eigenvalue weighted by Gasteiger charge is 2.22. The van der Waals surface area contributed by atoms with Crippen molar-refractivity contribution >= 4 is 107 Å². The van der Waals surface area contributed by atoms with E-state index in [1.54, 1.807) is 0 Å². The van der Waals surface area contributed by atoms with Gasteiger partial charge in [-0.1, -0.05) is 127 Å². The minimum absolute atomic E-state index is 0.538. The fourth-order valence-corrected chi connectivity index (χ4v) is 11.9. The highest BCUT2D eigenvalue weighted by molar-refractivity contribution is 7.26. The Kier molecular flexibility index (Phi) is 7.66. The van der Waals surface area contributed by atoms with Crippen molar-refractivity contribution < 1.29 is 8.83 Å². The Morgan fingerprint density at radius 1 is 0.297 bits per heavy atom. The summed E-state index contributed by atoms with van der Waals surface area (Å²) in [4.78, 5) is 15.6. The van der Waals surface area contributed by atoms with Crippen LogP contribution in [-0.4, -0.2) is 15.0 Å². The van der Waals surface area contributed by atoms with Gasteiger partial charge < -0.3 is 8.83 Å². The molecule has 0 atom stereocenters. The summed E-state index contributed by atoms with van der Waals surface area (Å²) >= 11 is 3.70. The van der Waals surface area contributed by atoms with Crippen LogP contribution in [0.15, 0.2) is 197 Å². The zero-order chi connectivity index (χ0) is 41.9. The van der Waals surface area contributed by atoms with Gasteiger partial charge in [-0.05, 0) is 82.9 Å². The van der Waals surface area contributed by atoms with Crippen LogP contribution < -0.4 is 0 Å². The normalized spacial score (nSPS) is 12.1. The summed E-state index contributed by atoms with van der Waals surface area (Å²) in [5.41, 5.74) is 10.4. The van der Waals surface area contributed by atoms with Crippen LogP contribution in [0, 0.1) is 0 Å². The van der Waals surface area contributed by atoms with Gasteiger partial charge in [0.05, 0.1) is 5.56 Å². The lowest BCUT2D eigenvalue weighted by atomic mass is 9.93. The summed E-state index contributed by atoms with van der Waals surface area (Å²) in [6.45, 7) is 0. The summed E-state index contributed by atoms with van der Waals surface area (Å²) in [5, 5.41) is 9.14. The number of aromatic nitrogens is 3. The van der Waals surface area contributed by atoms with Gasteiger partial charge in [-0.15, -0.1) is 22.7 Å². The van der Waals surface area contributed by atoms with Gasteiger partial charge in [-0.3, -0.25) is 0 Å². The Balaban J connectivity index is 0.985. The van der Waals surface area contributed by atoms with Crippen molar-refractivity contribution in [3.05, 3.63) is 188 Å². The van der Waals surface area contributed by atoms with Gasteiger partial charge in [0.1, 0.15) is 22.3 Å². The lowest BCUT2D eigenvalue weighted by Gasteiger charge is -2.11. The number of hydrogen-bond acceptors (Lipinski definition) is 7. The number of furan rings is 2. The fraction of sp³-hybridized carbons (Fsp3) is 0. The molecule has 0 saturated heterocycles. The highest BCUT2D eigenvalue weighted by Crippen LogP contribution is 2.46. The van der Waals surface area contributed by atoms with E-state index in [-0.39, 0.29) is 0 Å². The van der Waals surface area contributed by atoms with E-state index in [0.29, 0.717) is 17.5 Å². The summed E-state index contributed by atoms with van der Waals surface area (Å²) < 4.78 is 18.3. The zero-order valence-corrected chi connectivity index (χ0v) is 35.5. The van der Waals surface area contributed by atoms with Gasteiger partial charge in [-0.25, -0.2) is 15.0 Å². The smallest absolute Gasteiger partial charge is 0.167 e. The maximum atomic E-state index is 6.65. The third-order valence-electron chi connectivity index (χ3n) is 12.6. The van der Waals surface area contributed by atoms with Crippen LogP contribution in [0.5, 0.6) is 0 Å². The van der Waals surface area contributed by atoms with Crippen molar-refractivity contribution in [1.29, 1.82) is 0 Å². The molecule has 0 radical (unpaired) electrons. The molecule has 0 bridgehead atoms. The Morgan fingerprint density at radius 2 is 0.922 bits per heavy atom. The summed E-state index contributed by atoms with van der Waals surface area (Å²) in [7, 11) is 0. The molecule has 7 heteroatoms. The molecule has 5 nitrogen and oxygen atoms in total. The number of hydrogen-bond donors (Lipinski definition) is 0. The van der Waals surface area contributed by atoms with Crippen LogP contribution in [0.1, 0.15) is 0 Å². The average molecular weight is 854 g/mol. The molecule has 14 aromatic rings. The predicted octanol–water partition coefficient (Wildman–Crippen LogP) is 16.7. The van der Waals surface area contributed by atoms with E-state index in [9.17, 15) is 0 Å². The highest BCUT2D eigenvalue weighted by atomic mass is 32.1. The number of rotatable bonds is 5. The predicted molar refractivity (Wildman–Crippen MR) is 267 cm³/mol. The number of benzene rings is 9. The Hall–Kier alpha value is -7.97. The molecule has 64 heavy (non-hydrogen) atoms. The maximum absolute atomic E-state index is 6.65. The van der Waals surface area contributed by atoms with Crippen LogP contribution in [0.4, 0.5) is 0 Å². The van der Waals surface area contributed by atoms with E-state index in [1.165, 1.54) is 57.0 Å². The Morgan fingerprint density at radius 3 is 1.81 bits per heavy atom. The van der Waals surface area contributed by atoms with Crippen molar-refractivity contribution in [2.24, 2.45) is 0 Å². The largest absolute Gasteiger partial charge is 0.456 e. The second-order valence-corrected chi connectivity index (χ2v) is 18.4. The summed E-state index contributed by atoms with van der Waals surface area (Å²) in [6.07, 6.45) is 0. The fourth-order valence-electron chi connectivity index (χ4n) is 9.59. The van der Waals surface area contributed by atoms with Gasteiger partial charge in [0.15, 0.2) is 17.5 Å². The molecule has 0 saturated carbocycles. The summed E-state index contributed by atoms with van der Waals surface area (Å²) in [5.74, 6) is 1.67. The molecule has 0 aliphatic carbocycles. The van der Waals surface area contributed by atoms with E-state index in [4.69, 9.17) is 23.8 Å². The minimum Gasteiger partial charge on any atom is -0.456 e. The SMILES string of the molecule is c1ccc(-c2nc(-c3cccc4c3oc3ccccc34)nc(-c3cccc4oc5ccc(-c6cc(-c7ccc8c(c7)sc7ccccc78)cc7sc8ccccc8c67)cc5c34)n2)cc1. The minimum atomic E-state index is 0.538. The number of nitrogens with zero attached hydrogens (tertiary/aromatic N) is 3. The molecule has 0 spiro atoms. The molecular weight excluding hydrogens is 823 g/mol. The topological polar surface area (TPSA) is 65.0 Å². The van der Waals surface area contributed by atoms with Gasteiger partial charge in [0, 0.05) is 73.0 Å². The average Bonchev–Trinajstić information content (AvgIpc) is 4.13. The molecule has 0 aliphatic rings. The molecule has 5 heterocycles. The van der Waals surface area contributed by atoms with Gasteiger partial charge in [0.25, 0.3) is 0 Å². The molecule has 9 aromatic carbocycles. The molecule has 0 amide bonds. The van der Waals surface area contributed by atoms with Crippen LogP contribution in [-0.2, 0) is 0 Å². The number of fused-ring (bicyclic) bond motifs is 12. The molecule has 5 aromatic heterocycles. The van der Waals surface area contributed by atoms with E-state index in [1.807, 2.05) is 95.5 Å². The molecule has 0 aliphatic heterocycles. The van der Waals surface area contributed by atoms with Gasteiger partial charge in [-0.2, -0.15) is 0 Å². The number of thiophene rings is 2. The lowest BCUT2D eigenvalue weighted by molar-refractivity contribution is 0.668. The first-order valence-electron chi connectivity index (χ1n) is 21.2. The van der Waals surface area contributed by atoms with Crippen LogP contribution in [0.25, 0.3) is 141 Å². The molecule has 298 valence electrons. The molecule has 0 unspecified atom stereocenters. The first-order chi connectivity index (χ1) is 31.7. The second kappa shape index (κ2) is 13.8. The van der Waals surface area contributed by atoms with Crippen molar-refractivity contribution in [3.63, 3.8) is 0 Å². The van der Waals surface area contributed by atoms with Gasteiger partial charge in [0.2, 0.25) is 0 Å². The van der Waals surface area contributed by atoms with E-state index in [0.717, 1.165) is 66.1 Å². The molecule has 14 rings (SSSR count). The van der Waals surface area contributed by atoms with Gasteiger partial charge >= 0.3 is 0 Å². The standard InChI is InChI=1S/C57H31N3O2S2/c1-2-12-32(13-3-1)55-58-56(60-57(59-55)42-19-10-17-39-36-14-4-7-20-45(36)62-54(39)42)41-18-11-21-47-52(41)44-28-34(25-27-46(44)61-47)43-29-35(31-51-53(43)40-16-6-9-23-49(40)64-51)33-24-26-38-37-15-5-8-22-48(37)63-50(38)30-33/h1-31H. The third-order valence-corrected chi connectivity index (χ3v) is 14.8. The molecular formula is C57H31N3O2S2. The first kappa shape index (κ1) is 35.6. The van der Waals surface area contributed by atoms with E-state index < -0.39 is 0 Å². The number of para-hydroxylation sites is 2. The quantitative estimate of drug-likeness (QED) is 0.173. The van der Waals surface area contributed by atoms with E-state index in [2.05, 4.69) is 115 Å². The van der Waals surface area contributed by atoms with Crippen molar-refractivity contribution in [3.8, 4) is 56.4 Å². The lowest BCUT2D eigenvalue weighted by Crippen LogP contribution is -2.00. The summed E-state index contributed by atoms with van der Waals surface area (Å²) in [6, 6.07) is 66.2. The zero-order valence-electron chi connectivity index (χ0n) is 33.9. The van der Waals surface area contributed by atoms with E-state index >= 15 is 0 Å². The first-order valence-corrected chi connectivity index (χ1v) is 22.9. The van der Waals surface area contributed by atoms with Crippen molar-refractivity contribution in [2.45, 2.75) is 0 Å². The van der Waals surface area contributed by atoms with Crippen molar-refractivity contribution in [2.75, 3.05) is 0 Å². The van der Waals surface area contributed by atoms with Crippen LogP contribution in [0.3, 0.4) is 0 Å². The maximum Gasteiger partial charge on any atom is 0.167 e. The van der Waals surface area contributed by atoms with Crippen LogP contribution in [0.2, 0.25) is 0 Å². The van der Waals surface area contributed by atoms with Crippen LogP contribution >= 0.6 is 22.7 Å². The van der Waals surface area contributed by atoms with Crippen molar-refractivity contribution in [1.82, 2.24) is 15.0 Å². The molecule has 0 fully saturated rings.